The van der Waals surface area contributed by atoms with Crippen molar-refractivity contribution in [1.29, 1.82) is 0 Å². The maximum atomic E-state index is 13.0. The van der Waals surface area contributed by atoms with Crippen LogP contribution in [0.2, 0.25) is 0 Å². The second kappa shape index (κ2) is 6.13. The Hall–Kier alpha value is -1.09. The van der Waals surface area contributed by atoms with Crippen LogP contribution in [-0.2, 0) is 0 Å². The number of hydrogen-bond acceptors (Lipinski definition) is 2. The summed E-state index contributed by atoms with van der Waals surface area (Å²) in [5.41, 5.74) is 1.04. The van der Waals surface area contributed by atoms with Crippen molar-refractivity contribution in [2.24, 2.45) is 11.3 Å². The molecule has 1 aromatic carbocycles. The lowest BCUT2D eigenvalue weighted by atomic mass is 9.69. The van der Waals surface area contributed by atoms with Crippen molar-refractivity contribution in [1.82, 2.24) is 0 Å². The number of nitrogens with zero attached hydrogens (tertiary/aromatic N) is 1. The smallest absolute Gasteiger partial charge is 0.123 e. The summed E-state index contributed by atoms with van der Waals surface area (Å²) in [6.45, 7) is 8.11. The van der Waals surface area contributed by atoms with Crippen molar-refractivity contribution in [2.45, 2.75) is 46.1 Å². The van der Waals surface area contributed by atoms with Gasteiger partial charge >= 0.3 is 0 Å². The van der Waals surface area contributed by atoms with Crippen molar-refractivity contribution in [2.75, 3.05) is 18.0 Å². The van der Waals surface area contributed by atoms with Gasteiger partial charge in [-0.15, -0.1) is 0 Å². The lowest BCUT2D eigenvalue weighted by Gasteiger charge is -2.42. The molecule has 20 heavy (non-hydrogen) atoms. The van der Waals surface area contributed by atoms with E-state index in [1.54, 1.807) is 0 Å². The summed E-state index contributed by atoms with van der Waals surface area (Å²) in [7, 11) is 0. The molecule has 0 bridgehead atoms. The zero-order valence-electron chi connectivity index (χ0n) is 12.8. The summed E-state index contributed by atoms with van der Waals surface area (Å²) in [6.07, 6.45) is 3.08. The molecule has 2 rings (SSSR count). The second-order valence-corrected chi connectivity index (χ2v) is 6.60. The Bertz CT molecular complexity index is 429. The van der Waals surface area contributed by atoms with Gasteiger partial charge in [-0.3, -0.25) is 0 Å². The van der Waals surface area contributed by atoms with Gasteiger partial charge in [0.15, 0.2) is 0 Å². The zero-order valence-corrected chi connectivity index (χ0v) is 12.8. The Morgan fingerprint density at radius 2 is 1.95 bits per heavy atom. The SMILES string of the molecule is CCN(CC1CCCC(C)(C)C1O)c1ccc(F)cc1. The molecule has 0 aliphatic heterocycles. The highest BCUT2D eigenvalue weighted by Crippen LogP contribution is 2.39. The molecular weight excluding hydrogens is 253 g/mol. The van der Waals surface area contributed by atoms with Gasteiger partial charge in [-0.05, 0) is 49.4 Å². The molecule has 0 aromatic heterocycles. The van der Waals surface area contributed by atoms with E-state index in [4.69, 9.17) is 0 Å². The highest BCUT2D eigenvalue weighted by Gasteiger charge is 2.38. The van der Waals surface area contributed by atoms with E-state index in [1.165, 1.54) is 18.6 Å². The number of anilines is 1. The van der Waals surface area contributed by atoms with E-state index < -0.39 is 0 Å². The quantitative estimate of drug-likeness (QED) is 0.905. The number of rotatable bonds is 4. The molecule has 0 heterocycles. The van der Waals surface area contributed by atoms with E-state index >= 15 is 0 Å². The molecule has 0 amide bonds. The molecule has 0 saturated heterocycles. The molecule has 1 fully saturated rings. The number of aliphatic hydroxyl groups is 1. The van der Waals surface area contributed by atoms with Crippen LogP contribution in [0.15, 0.2) is 24.3 Å². The molecule has 1 N–H and O–H groups in total. The van der Waals surface area contributed by atoms with Gasteiger partial charge in [0.1, 0.15) is 5.82 Å². The van der Waals surface area contributed by atoms with Crippen molar-refractivity contribution in [3.8, 4) is 0 Å². The van der Waals surface area contributed by atoms with Crippen LogP contribution in [0.25, 0.3) is 0 Å². The van der Waals surface area contributed by atoms with Crippen LogP contribution >= 0.6 is 0 Å². The maximum absolute atomic E-state index is 13.0. The van der Waals surface area contributed by atoms with E-state index in [1.807, 2.05) is 12.1 Å². The van der Waals surface area contributed by atoms with Crippen LogP contribution in [0.4, 0.5) is 10.1 Å². The predicted molar refractivity (Wildman–Crippen MR) is 81.4 cm³/mol. The number of aliphatic hydroxyl groups excluding tert-OH is 1. The van der Waals surface area contributed by atoms with Gasteiger partial charge in [0.2, 0.25) is 0 Å². The summed E-state index contributed by atoms with van der Waals surface area (Å²) in [5.74, 6) is 0.0902. The zero-order chi connectivity index (χ0) is 14.8. The van der Waals surface area contributed by atoms with Crippen LogP contribution in [0.3, 0.4) is 0 Å². The Kier molecular flexibility index (Phi) is 4.69. The average molecular weight is 279 g/mol. The Balaban J connectivity index is 2.08. The molecular formula is C17H26FNO. The van der Waals surface area contributed by atoms with Crippen LogP contribution < -0.4 is 4.90 Å². The van der Waals surface area contributed by atoms with Crippen molar-refractivity contribution >= 4 is 5.69 Å². The third-order valence-corrected chi connectivity index (χ3v) is 4.67. The highest BCUT2D eigenvalue weighted by atomic mass is 19.1. The minimum absolute atomic E-state index is 0.00508. The first-order chi connectivity index (χ1) is 9.44. The maximum Gasteiger partial charge on any atom is 0.123 e. The monoisotopic (exact) mass is 279 g/mol. The van der Waals surface area contributed by atoms with Gasteiger partial charge in [0.25, 0.3) is 0 Å². The molecule has 112 valence electrons. The fourth-order valence-electron chi connectivity index (χ4n) is 3.31. The average Bonchev–Trinajstić information content (AvgIpc) is 2.42. The van der Waals surface area contributed by atoms with Gasteiger partial charge in [-0.1, -0.05) is 20.3 Å². The lowest BCUT2D eigenvalue weighted by molar-refractivity contribution is -0.0292. The van der Waals surface area contributed by atoms with Gasteiger partial charge < -0.3 is 10.0 Å². The summed E-state index contributed by atoms with van der Waals surface area (Å²) < 4.78 is 13.0. The van der Waals surface area contributed by atoms with Gasteiger partial charge in [-0.2, -0.15) is 0 Å². The van der Waals surface area contributed by atoms with E-state index in [0.717, 1.165) is 31.6 Å². The van der Waals surface area contributed by atoms with Crippen molar-refractivity contribution in [3.63, 3.8) is 0 Å². The number of hydrogen-bond donors (Lipinski definition) is 1. The molecule has 3 heteroatoms. The molecule has 1 aromatic rings. The molecule has 0 radical (unpaired) electrons. The van der Waals surface area contributed by atoms with Gasteiger partial charge in [0.05, 0.1) is 6.10 Å². The van der Waals surface area contributed by atoms with Crippen molar-refractivity contribution < 1.29 is 9.50 Å². The minimum atomic E-state index is -0.259. The summed E-state index contributed by atoms with van der Waals surface area (Å²) in [4.78, 5) is 2.23. The Morgan fingerprint density at radius 1 is 1.30 bits per heavy atom. The predicted octanol–water partition coefficient (Wildman–Crippen LogP) is 3.84. The Morgan fingerprint density at radius 3 is 2.55 bits per heavy atom. The molecule has 2 atom stereocenters. The number of halogens is 1. The minimum Gasteiger partial charge on any atom is -0.392 e. The molecule has 0 spiro atoms. The van der Waals surface area contributed by atoms with Gasteiger partial charge in [-0.25, -0.2) is 4.39 Å². The first-order valence-electron chi connectivity index (χ1n) is 7.62. The van der Waals surface area contributed by atoms with Crippen LogP contribution in [0.1, 0.15) is 40.0 Å². The largest absolute Gasteiger partial charge is 0.392 e. The topological polar surface area (TPSA) is 23.5 Å². The molecule has 1 aliphatic carbocycles. The third kappa shape index (κ3) is 3.32. The summed E-state index contributed by atoms with van der Waals surface area (Å²) in [6, 6.07) is 6.64. The lowest BCUT2D eigenvalue weighted by Crippen LogP contribution is -2.45. The fourth-order valence-corrected chi connectivity index (χ4v) is 3.31. The van der Waals surface area contributed by atoms with Crippen LogP contribution in [0, 0.1) is 17.2 Å². The second-order valence-electron chi connectivity index (χ2n) is 6.60. The van der Waals surface area contributed by atoms with E-state index in [0.29, 0.717) is 5.92 Å². The summed E-state index contributed by atoms with van der Waals surface area (Å²) in [5, 5.41) is 10.5. The first-order valence-corrected chi connectivity index (χ1v) is 7.62. The standard InChI is InChI=1S/C17H26FNO/c1-4-19(15-9-7-14(18)8-10-15)12-13-6-5-11-17(2,3)16(13)20/h7-10,13,16,20H,4-6,11-12H2,1-3H3. The van der Waals surface area contributed by atoms with E-state index in [-0.39, 0.29) is 17.3 Å². The van der Waals surface area contributed by atoms with Crippen LogP contribution in [-0.4, -0.2) is 24.3 Å². The Labute approximate surface area is 121 Å². The molecule has 2 nitrogen and oxygen atoms in total. The van der Waals surface area contributed by atoms with E-state index in [2.05, 4.69) is 25.7 Å². The summed E-state index contributed by atoms with van der Waals surface area (Å²) >= 11 is 0. The van der Waals surface area contributed by atoms with Crippen LogP contribution in [0.5, 0.6) is 0 Å². The highest BCUT2D eigenvalue weighted by molar-refractivity contribution is 5.46. The van der Waals surface area contributed by atoms with E-state index in [9.17, 15) is 9.50 Å². The van der Waals surface area contributed by atoms with Crippen molar-refractivity contribution in [3.05, 3.63) is 30.1 Å². The normalized spacial score (nSPS) is 25.4. The van der Waals surface area contributed by atoms with Gasteiger partial charge in [0, 0.05) is 24.7 Å². The third-order valence-electron chi connectivity index (χ3n) is 4.67. The molecule has 1 saturated carbocycles. The molecule has 2 unspecified atom stereocenters. The number of benzene rings is 1. The first kappa shape index (κ1) is 15.3. The fraction of sp³-hybridized carbons (Fsp3) is 0.647. The molecule has 1 aliphatic rings.